The number of pyridine rings is 1. The van der Waals surface area contributed by atoms with Gasteiger partial charge in [-0.15, -0.1) is 0 Å². The Bertz CT molecular complexity index is 737. The van der Waals surface area contributed by atoms with Crippen molar-refractivity contribution in [1.82, 2.24) is 4.98 Å². The van der Waals surface area contributed by atoms with Crippen LogP contribution >= 0.6 is 11.6 Å². The highest BCUT2D eigenvalue weighted by atomic mass is 35.5. The highest BCUT2D eigenvalue weighted by Gasteiger charge is 2.16. The van der Waals surface area contributed by atoms with Crippen molar-refractivity contribution in [3.63, 3.8) is 0 Å². The largest absolute Gasteiger partial charge is 0.486 e. The first kappa shape index (κ1) is 13.5. The molecule has 0 spiro atoms. The lowest BCUT2D eigenvalue weighted by Gasteiger charge is -2.20. The Morgan fingerprint density at radius 3 is 2.57 bits per heavy atom. The lowest BCUT2D eigenvalue weighted by atomic mass is 10.2. The number of H-pyrrole nitrogens is 1. The summed E-state index contributed by atoms with van der Waals surface area (Å²) in [6.07, 6.45) is 1.34. The summed E-state index contributed by atoms with van der Waals surface area (Å²) < 4.78 is 10.8. The van der Waals surface area contributed by atoms with Crippen molar-refractivity contribution in [2.24, 2.45) is 0 Å². The standard InChI is InChI=1S/C14H11ClN2O4/c15-9-5-11-12(21-4-3-20-11)6-10(9)17-14(19)8-1-2-13(18)16-7-8/h1-2,5-7H,3-4H2,(H,16,18)(H,17,19). The van der Waals surface area contributed by atoms with Crippen molar-refractivity contribution < 1.29 is 14.3 Å². The minimum Gasteiger partial charge on any atom is -0.486 e. The number of ether oxygens (including phenoxy) is 2. The number of carbonyl (C=O) groups excluding carboxylic acids is 1. The van der Waals surface area contributed by atoms with Gasteiger partial charge >= 0.3 is 0 Å². The molecule has 0 atom stereocenters. The molecule has 7 heteroatoms. The van der Waals surface area contributed by atoms with E-state index < -0.39 is 0 Å². The van der Waals surface area contributed by atoms with E-state index in [1.165, 1.54) is 18.3 Å². The first-order chi connectivity index (χ1) is 10.1. The highest BCUT2D eigenvalue weighted by Crippen LogP contribution is 2.38. The van der Waals surface area contributed by atoms with Gasteiger partial charge in [0.15, 0.2) is 11.5 Å². The summed E-state index contributed by atoms with van der Waals surface area (Å²) in [7, 11) is 0. The smallest absolute Gasteiger partial charge is 0.257 e. The van der Waals surface area contributed by atoms with Crippen LogP contribution in [0.4, 0.5) is 5.69 Å². The summed E-state index contributed by atoms with van der Waals surface area (Å²) in [4.78, 5) is 25.5. The number of benzene rings is 1. The van der Waals surface area contributed by atoms with Gasteiger partial charge < -0.3 is 19.8 Å². The van der Waals surface area contributed by atoms with Crippen molar-refractivity contribution in [1.29, 1.82) is 0 Å². The van der Waals surface area contributed by atoms with Crippen LogP contribution in [0.1, 0.15) is 10.4 Å². The van der Waals surface area contributed by atoms with Gasteiger partial charge in [0, 0.05) is 24.4 Å². The molecule has 6 nitrogen and oxygen atoms in total. The summed E-state index contributed by atoms with van der Waals surface area (Å²) in [6.45, 7) is 0.911. The number of rotatable bonds is 2. The normalized spacial score (nSPS) is 12.8. The van der Waals surface area contributed by atoms with Crippen LogP contribution in [0.25, 0.3) is 0 Å². The lowest BCUT2D eigenvalue weighted by Crippen LogP contribution is -2.17. The van der Waals surface area contributed by atoms with Gasteiger partial charge in [-0.3, -0.25) is 9.59 Å². The zero-order valence-electron chi connectivity index (χ0n) is 10.8. The zero-order chi connectivity index (χ0) is 14.8. The van der Waals surface area contributed by atoms with Crippen molar-refractivity contribution >= 4 is 23.2 Å². The maximum absolute atomic E-state index is 12.1. The third-order valence-corrected chi connectivity index (χ3v) is 3.24. The van der Waals surface area contributed by atoms with Crippen molar-refractivity contribution in [3.05, 3.63) is 51.4 Å². The number of halogens is 1. The van der Waals surface area contributed by atoms with E-state index in [0.29, 0.717) is 41.0 Å². The van der Waals surface area contributed by atoms with Gasteiger partial charge in [-0.2, -0.15) is 0 Å². The fraction of sp³-hybridized carbons (Fsp3) is 0.143. The summed E-state index contributed by atoms with van der Waals surface area (Å²) in [5, 5.41) is 3.01. The maximum atomic E-state index is 12.1. The third kappa shape index (κ3) is 2.85. The first-order valence-electron chi connectivity index (χ1n) is 6.23. The van der Waals surface area contributed by atoms with Gasteiger partial charge in [0.05, 0.1) is 16.3 Å². The molecule has 3 rings (SSSR count). The molecule has 1 amide bonds. The molecule has 0 aliphatic carbocycles. The van der Waals surface area contributed by atoms with Crippen LogP contribution in [0.3, 0.4) is 0 Å². The van der Waals surface area contributed by atoms with Crippen molar-refractivity contribution in [2.45, 2.75) is 0 Å². The Labute approximate surface area is 124 Å². The molecule has 1 aromatic carbocycles. The molecule has 21 heavy (non-hydrogen) atoms. The molecule has 2 heterocycles. The van der Waals surface area contributed by atoms with E-state index in [9.17, 15) is 9.59 Å². The molecule has 0 unspecified atom stereocenters. The summed E-state index contributed by atoms with van der Waals surface area (Å²) in [5.41, 5.74) is 0.460. The monoisotopic (exact) mass is 306 g/mol. The van der Waals surface area contributed by atoms with Crippen LogP contribution < -0.4 is 20.3 Å². The van der Waals surface area contributed by atoms with Crippen LogP contribution in [-0.2, 0) is 0 Å². The fourth-order valence-electron chi connectivity index (χ4n) is 1.91. The molecule has 0 radical (unpaired) electrons. The summed E-state index contributed by atoms with van der Waals surface area (Å²) in [6, 6.07) is 5.92. The minimum absolute atomic E-state index is 0.274. The molecule has 1 aliphatic heterocycles. The van der Waals surface area contributed by atoms with Crippen LogP contribution in [0, 0.1) is 0 Å². The van der Waals surface area contributed by atoms with Crippen molar-refractivity contribution in [2.75, 3.05) is 18.5 Å². The third-order valence-electron chi connectivity index (χ3n) is 2.93. The predicted molar refractivity (Wildman–Crippen MR) is 77.5 cm³/mol. The zero-order valence-corrected chi connectivity index (χ0v) is 11.6. The number of fused-ring (bicyclic) bond motifs is 1. The van der Waals surface area contributed by atoms with Gasteiger partial charge in [0.25, 0.3) is 5.91 Å². The topological polar surface area (TPSA) is 80.4 Å². The second-order valence-corrected chi connectivity index (χ2v) is 4.78. The molecule has 2 N–H and O–H groups in total. The number of aromatic nitrogens is 1. The van der Waals surface area contributed by atoms with E-state index in [0.717, 1.165) is 0 Å². The van der Waals surface area contributed by atoms with E-state index in [4.69, 9.17) is 21.1 Å². The number of hydrogen-bond acceptors (Lipinski definition) is 4. The first-order valence-corrected chi connectivity index (χ1v) is 6.60. The van der Waals surface area contributed by atoms with Crippen LogP contribution in [0.5, 0.6) is 11.5 Å². The maximum Gasteiger partial charge on any atom is 0.257 e. The summed E-state index contributed by atoms with van der Waals surface area (Å²) in [5.74, 6) is 0.695. The van der Waals surface area contributed by atoms with E-state index >= 15 is 0 Å². The molecule has 0 saturated carbocycles. The quantitative estimate of drug-likeness (QED) is 0.890. The van der Waals surface area contributed by atoms with Crippen LogP contribution in [0.2, 0.25) is 5.02 Å². The van der Waals surface area contributed by atoms with Crippen LogP contribution in [0.15, 0.2) is 35.3 Å². The van der Waals surface area contributed by atoms with Gasteiger partial charge in [0.1, 0.15) is 13.2 Å². The predicted octanol–water partition coefficient (Wildman–Crippen LogP) is 2.05. The molecule has 2 aromatic rings. The van der Waals surface area contributed by atoms with Gasteiger partial charge in [-0.25, -0.2) is 0 Å². The van der Waals surface area contributed by atoms with Gasteiger partial charge in [0.2, 0.25) is 5.56 Å². The fourth-order valence-corrected chi connectivity index (χ4v) is 2.11. The molecular weight excluding hydrogens is 296 g/mol. The lowest BCUT2D eigenvalue weighted by molar-refractivity contribution is 0.102. The number of carbonyl (C=O) groups is 1. The molecule has 0 fully saturated rings. The van der Waals surface area contributed by atoms with E-state index in [2.05, 4.69) is 10.3 Å². The van der Waals surface area contributed by atoms with Gasteiger partial charge in [-0.05, 0) is 6.07 Å². The highest BCUT2D eigenvalue weighted by molar-refractivity contribution is 6.34. The number of aromatic amines is 1. The summed E-state index contributed by atoms with van der Waals surface area (Å²) >= 11 is 6.11. The van der Waals surface area contributed by atoms with E-state index in [-0.39, 0.29) is 11.5 Å². The minimum atomic E-state index is -0.384. The Kier molecular flexibility index (Phi) is 3.53. The van der Waals surface area contributed by atoms with Gasteiger partial charge in [-0.1, -0.05) is 11.6 Å². The molecular formula is C14H11ClN2O4. The SMILES string of the molecule is O=C(Nc1cc2c(cc1Cl)OCCO2)c1ccc(=O)[nH]c1. The molecule has 108 valence electrons. The number of nitrogens with one attached hydrogen (secondary N) is 2. The van der Waals surface area contributed by atoms with Crippen LogP contribution in [-0.4, -0.2) is 24.1 Å². The average Bonchev–Trinajstić information content (AvgIpc) is 2.48. The second-order valence-electron chi connectivity index (χ2n) is 4.37. The number of amides is 1. The molecule has 0 bridgehead atoms. The Morgan fingerprint density at radius 1 is 1.19 bits per heavy atom. The second kappa shape index (κ2) is 5.49. The van der Waals surface area contributed by atoms with E-state index in [1.54, 1.807) is 12.1 Å². The Balaban J connectivity index is 1.85. The Morgan fingerprint density at radius 2 is 1.90 bits per heavy atom. The average molecular weight is 307 g/mol. The molecule has 1 aliphatic rings. The molecule has 0 saturated heterocycles. The van der Waals surface area contributed by atoms with Crippen molar-refractivity contribution in [3.8, 4) is 11.5 Å². The van der Waals surface area contributed by atoms with E-state index in [1.807, 2.05) is 0 Å². The number of hydrogen-bond donors (Lipinski definition) is 2. The number of anilines is 1. The Hall–Kier alpha value is -2.47. The molecule has 1 aromatic heterocycles.